The first-order valence-corrected chi connectivity index (χ1v) is 11.3. The SMILES string of the molecule is CCCCC(CC)C(=O)O.CCCCCCCCCCCCn1ccnc1. The van der Waals surface area contributed by atoms with Gasteiger partial charge in [-0.05, 0) is 19.3 Å². The molecule has 1 N–H and O–H groups in total. The molecule has 1 unspecified atom stereocenters. The van der Waals surface area contributed by atoms with Gasteiger partial charge >= 0.3 is 5.97 Å². The number of imidazole rings is 1. The molecule has 158 valence electrons. The highest BCUT2D eigenvalue weighted by Crippen LogP contribution is 2.12. The quantitative estimate of drug-likeness (QED) is 0.311. The lowest BCUT2D eigenvalue weighted by molar-refractivity contribution is -0.142. The molecule has 0 radical (unpaired) electrons. The van der Waals surface area contributed by atoms with Gasteiger partial charge in [0.25, 0.3) is 0 Å². The number of hydrogen-bond donors (Lipinski definition) is 1. The summed E-state index contributed by atoms with van der Waals surface area (Å²) in [5.74, 6) is -0.754. The van der Waals surface area contributed by atoms with Crippen LogP contribution >= 0.6 is 0 Å². The van der Waals surface area contributed by atoms with E-state index in [4.69, 9.17) is 5.11 Å². The zero-order valence-corrected chi connectivity index (χ0v) is 18.2. The number of carbonyl (C=O) groups is 1. The van der Waals surface area contributed by atoms with Crippen LogP contribution in [0.3, 0.4) is 0 Å². The second-order valence-electron chi connectivity index (χ2n) is 7.57. The van der Waals surface area contributed by atoms with Crippen molar-refractivity contribution in [1.82, 2.24) is 9.55 Å². The Hall–Kier alpha value is -1.32. The van der Waals surface area contributed by atoms with Gasteiger partial charge in [-0.1, -0.05) is 91.4 Å². The van der Waals surface area contributed by atoms with Gasteiger partial charge in [0.15, 0.2) is 0 Å². The maximum atomic E-state index is 10.4. The molecule has 0 aliphatic rings. The van der Waals surface area contributed by atoms with Gasteiger partial charge < -0.3 is 9.67 Å². The molecule has 1 aromatic heterocycles. The normalized spacial score (nSPS) is 11.7. The Balaban J connectivity index is 0.000000580. The van der Waals surface area contributed by atoms with E-state index in [1.165, 1.54) is 64.2 Å². The molecule has 1 aromatic rings. The summed E-state index contributed by atoms with van der Waals surface area (Å²) < 4.78 is 2.17. The lowest BCUT2D eigenvalue weighted by Crippen LogP contribution is -2.11. The smallest absolute Gasteiger partial charge is 0.306 e. The van der Waals surface area contributed by atoms with Crippen molar-refractivity contribution in [3.05, 3.63) is 18.7 Å². The van der Waals surface area contributed by atoms with Crippen LogP contribution in [0.4, 0.5) is 0 Å². The van der Waals surface area contributed by atoms with Crippen molar-refractivity contribution >= 4 is 5.97 Å². The van der Waals surface area contributed by atoms with Crippen LogP contribution in [0.1, 0.15) is 111 Å². The van der Waals surface area contributed by atoms with E-state index >= 15 is 0 Å². The van der Waals surface area contributed by atoms with Crippen LogP contribution in [0.2, 0.25) is 0 Å². The number of unbranched alkanes of at least 4 members (excludes halogenated alkanes) is 10. The number of nitrogens with zero attached hydrogens (tertiary/aromatic N) is 2. The zero-order valence-electron chi connectivity index (χ0n) is 18.2. The second-order valence-corrected chi connectivity index (χ2v) is 7.57. The predicted octanol–water partition coefficient (Wildman–Crippen LogP) is 7.09. The number of hydrogen-bond acceptors (Lipinski definition) is 2. The molecular weight excluding hydrogens is 336 g/mol. The summed E-state index contributed by atoms with van der Waals surface area (Å²) >= 11 is 0. The van der Waals surface area contributed by atoms with Crippen LogP contribution in [0.5, 0.6) is 0 Å². The molecule has 0 aliphatic carbocycles. The van der Waals surface area contributed by atoms with Gasteiger partial charge in [0.1, 0.15) is 0 Å². The molecule has 0 aliphatic heterocycles. The molecule has 0 saturated heterocycles. The van der Waals surface area contributed by atoms with Crippen molar-refractivity contribution in [2.75, 3.05) is 0 Å². The zero-order chi connectivity index (χ0) is 20.2. The molecule has 0 bridgehead atoms. The second kappa shape index (κ2) is 19.4. The molecule has 4 nitrogen and oxygen atoms in total. The monoisotopic (exact) mass is 380 g/mol. The highest BCUT2D eigenvalue weighted by atomic mass is 16.4. The van der Waals surface area contributed by atoms with Gasteiger partial charge in [-0.15, -0.1) is 0 Å². The summed E-state index contributed by atoms with van der Waals surface area (Å²) in [7, 11) is 0. The average molecular weight is 381 g/mol. The van der Waals surface area contributed by atoms with Crippen molar-refractivity contribution in [2.45, 2.75) is 117 Å². The molecule has 4 heteroatoms. The Labute approximate surface area is 167 Å². The molecule has 1 heterocycles. The van der Waals surface area contributed by atoms with Crippen LogP contribution in [0, 0.1) is 5.92 Å². The lowest BCUT2D eigenvalue weighted by Gasteiger charge is -2.06. The van der Waals surface area contributed by atoms with Crippen LogP contribution in [0.25, 0.3) is 0 Å². The highest BCUT2D eigenvalue weighted by molar-refractivity contribution is 5.69. The van der Waals surface area contributed by atoms with E-state index in [0.717, 1.165) is 32.2 Å². The van der Waals surface area contributed by atoms with Crippen LogP contribution in [-0.2, 0) is 11.3 Å². The third kappa shape index (κ3) is 16.6. The Morgan fingerprint density at radius 1 is 0.889 bits per heavy atom. The van der Waals surface area contributed by atoms with Gasteiger partial charge in [0, 0.05) is 18.9 Å². The maximum Gasteiger partial charge on any atom is 0.306 e. The summed E-state index contributed by atoms with van der Waals surface area (Å²) in [6, 6.07) is 0. The lowest BCUT2D eigenvalue weighted by atomic mass is 10.00. The molecule has 27 heavy (non-hydrogen) atoms. The third-order valence-electron chi connectivity index (χ3n) is 5.08. The van der Waals surface area contributed by atoms with E-state index in [2.05, 4.69) is 23.4 Å². The van der Waals surface area contributed by atoms with Crippen molar-refractivity contribution < 1.29 is 9.90 Å². The third-order valence-corrected chi connectivity index (χ3v) is 5.08. The molecule has 0 spiro atoms. The van der Waals surface area contributed by atoms with E-state index in [-0.39, 0.29) is 5.92 Å². The fourth-order valence-electron chi connectivity index (χ4n) is 3.15. The molecule has 0 aromatic carbocycles. The summed E-state index contributed by atoms with van der Waals surface area (Å²) in [6.07, 6.45) is 23.6. The summed E-state index contributed by atoms with van der Waals surface area (Å²) in [4.78, 5) is 14.5. The minimum Gasteiger partial charge on any atom is -0.481 e. The van der Waals surface area contributed by atoms with Crippen molar-refractivity contribution in [1.29, 1.82) is 0 Å². The maximum absolute atomic E-state index is 10.4. The van der Waals surface area contributed by atoms with Gasteiger partial charge in [-0.25, -0.2) is 4.98 Å². The highest BCUT2D eigenvalue weighted by Gasteiger charge is 2.12. The predicted molar refractivity (Wildman–Crippen MR) is 115 cm³/mol. The van der Waals surface area contributed by atoms with E-state index in [1.54, 1.807) is 0 Å². The Bertz CT molecular complexity index is 418. The number of rotatable bonds is 16. The van der Waals surface area contributed by atoms with E-state index in [0.29, 0.717) is 0 Å². The Morgan fingerprint density at radius 3 is 1.89 bits per heavy atom. The van der Waals surface area contributed by atoms with Gasteiger partial charge in [-0.3, -0.25) is 4.79 Å². The van der Waals surface area contributed by atoms with E-state index in [9.17, 15) is 4.79 Å². The topological polar surface area (TPSA) is 55.1 Å². The molecule has 1 atom stereocenters. The Kier molecular flexibility index (Phi) is 18.5. The largest absolute Gasteiger partial charge is 0.481 e. The number of carboxylic acids is 1. The minimum absolute atomic E-state index is 0.111. The molecule has 0 fully saturated rings. The standard InChI is InChI=1S/C15H28N2.C8H16O2/c1-2-3-4-5-6-7-8-9-10-11-13-17-14-12-16-15-17;1-3-5-6-7(4-2)8(9)10/h12,14-15H,2-11,13H2,1H3;7H,3-6H2,1-2H3,(H,9,10). The van der Waals surface area contributed by atoms with Crippen molar-refractivity contribution in [3.8, 4) is 0 Å². The van der Waals surface area contributed by atoms with E-state index in [1.807, 2.05) is 25.6 Å². The number of aromatic nitrogens is 2. The first-order valence-electron chi connectivity index (χ1n) is 11.3. The molecule has 0 saturated carbocycles. The number of aryl methyl sites for hydroxylation is 1. The van der Waals surface area contributed by atoms with Gasteiger partial charge in [0.05, 0.1) is 12.2 Å². The number of aliphatic carboxylic acids is 1. The van der Waals surface area contributed by atoms with Crippen molar-refractivity contribution in [2.24, 2.45) is 5.92 Å². The van der Waals surface area contributed by atoms with E-state index < -0.39 is 5.97 Å². The number of carboxylic acid groups (broad SMARTS) is 1. The average Bonchev–Trinajstić information content (AvgIpc) is 3.18. The van der Waals surface area contributed by atoms with Crippen LogP contribution in [-0.4, -0.2) is 20.6 Å². The summed E-state index contributed by atoms with van der Waals surface area (Å²) in [5.41, 5.74) is 0. The molecule has 1 rings (SSSR count). The first-order chi connectivity index (χ1) is 13.2. The molecule has 0 amide bonds. The first kappa shape index (κ1) is 25.7. The van der Waals surface area contributed by atoms with Gasteiger partial charge in [0.2, 0.25) is 0 Å². The minimum atomic E-state index is -0.643. The fraction of sp³-hybridized carbons (Fsp3) is 0.826. The van der Waals surface area contributed by atoms with Gasteiger partial charge in [-0.2, -0.15) is 0 Å². The summed E-state index contributed by atoms with van der Waals surface area (Å²) in [5, 5.41) is 8.60. The Morgan fingerprint density at radius 2 is 1.44 bits per heavy atom. The van der Waals surface area contributed by atoms with Crippen LogP contribution < -0.4 is 0 Å². The fourth-order valence-corrected chi connectivity index (χ4v) is 3.15. The summed E-state index contributed by atoms with van der Waals surface area (Å²) in [6.45, 7) is 7.42. The molecular formula is C23H44N2O2. The van der Waals surface area contributed by atoms with Crippen LogP contribution in [0.15, 0.2) is 18.7 Å². The van der Waals surface area contributed by atoms with Crippen molar-refractivity contribution in [3.63, 3.8) is 0 Å².